The zero-order chi connectivity index (χ0) is 12.3. The third-order valence-electron chi connectivity index (χ3n) is 2.68. The molecule has 0 bridgehead atoms. The Hall–Kier alpha value is -0.0800. The van der Waals surface area contributed by atoms with Crippen molar-refractivity contribution in [3.8, 4) is 0 Å². The second-order valence-electron chi connectivity index (χ2n) is 4.97. The number of rotatable bonds is 4. The molecule has 16 heavy (non-hydrogen) atoms. The van der Waals surface area contributed by atoms with Crippen molar-refractivity contribution in [2.75, 3.05) is 25.0 Å². The van der Waals surface area contributed by atoms with E-state index in [0.717, 1.165) is 0 Å². The Morgan fingerprint density at radius 3 is 1.31 bits per heavy atom. The van der Waals surface area contributed by atoms with Crippen LogP contribution in [0.4, 0.5) is 0 Å². The average Bonchev–Trinajstić information content (AvgIpc) is 2.11. The van der Waals surface area contributed by atoms with Gasteiger partial charge in [-0.15, -0.1) is 0 Å². The highest BCUT2D eigenvalue weighted by atomic mass is 32.2. The lowest BCUT2D eigenvalue weighted by Crippen LogP contribution is -2.06. The lowest BCUT2D eigenvalue weighted by molar-refractivity contribution is 1.21. The van der Waals surface area contributed by atoms with Gasteiger partial charge in [0.05, 0.1) is 25.0 Å². The Labute approximate surface area is 107 Å². The molecule has 0 unspecified atom stereocenters. The van der Waals surface area contributed by atoms with Crippen LogP contribution in [-0.2, 0) is 33.3 Å². The van der Waals surface area contributed by atoms with Crippen LogP contribution in [0.1, 0.15) is 22.3 Å². The van der Waals surface area contributed by atoms with Crippen molar-refractivity contribution >= 4 is 21.8 Å². The van der Waals surface area contributed by atoms with Crippen LogP contribution in [0, 0.1) is 13.8 Å². The largest absolute Gasteiger partial charge is 0.132 e. The molecule has 0 nitrogen and oxygen atoms in total. The van der Waals surface area contributed by atoms with Gasteiger partial charge in [0.25, 0.3) is 0 Å². The number of hydrogen-bond donors (Lipinski definition) is 0. The molecule has 1 rings (SSSR count). The van der Waals surface area contributed by atoms with Gasteiger partial charge in [-0.25, -0.2) is 0 Å². The van der Waals surface area contributed by atoms with Gasteiger partial charge >= 0.3 is 0 Å². The molecule has 0 atom stereocenters. The molecule has 0 radical (unpaired) electrons. The Morgan fingerprint density at radius 2 is 1.06 bits per heavy atom. The first-order valence-electron chi connectivity index (χ1n) is 5.57. The third kappa shape index (κ3) is 4.06. The summed E-state index contributed by atoms with van der Waals surface area (Å²) in [4.78, 5) is 0. The van der Waals surface area contributed by atoms with Gasteiger partial charge in [0.15, 0.2) is 0 Å². The second kappa shape index (κ2) is 6.02. The van der Waals surface area contributed by atoms with E-state index in [1.54, 1.807) is 11.1 Å². The predicted octanol–water partition coefficient (Wildman–Crippen LogP) is 3.06. The van der Waals surface area contributed by atoms with Gasteiger partial charge in [-0.1, -0.05) is 12.1 Å². The highest BCUT2D eigenvalue weighted by molar-refractivity contribution is 7.95. The summed E-state index contributed by atoms with van der Waals surface area (Å²) in [6.07, 6.45) is 9.27. The normalized spacial score (nSPS) is 11.5. The summed E-state index contributed by atoms with van der Waals surface area (Å²) in [7, 11) is 0.999. The Balaban J connectivity index is 2.97. The van der Waals surface area contributed by atoms with Crippen LogP contribution in [0.3, 0.4) is 0 Å². The molecule has 0 saturated carbocycles. The summed E-state index contributed by atoms with van der Waals surface area (Å²) in [6.45, 7) is 4.52. The zero-order valence-electron chi connectivity index (χ0n) is 11.4. The van der Waals surface area contributed by atoms with Crippen LogP contribution in [0.5, 0.6) is 0 Å². The van der Waals surface area contributed by atoms with Crippen molar-refractivity contribution in [2.45, 2.75) is 25.4 Å². The van der Waals surface area contributed by atoms with E-state index in [1.165, 1.54) is 22.6 Å². The summed E-state index contributed by atoms with van der Waals surface area (Å²) in [6, 6.07) is 4.81. The maximum absolute atomic E-state index is 2.41. The molecule has 0 saturated heterocycles. The van der Waals surface area contributed by atoms with Crippen molar-refractivity contribution in [3.63, 3.8) is 0 Å². The molecule has 0 aromatic heterocycles. The smallest absolute Gasteiger partial charge is 0.0507 e. The SMILES string of the molecule is Cc1cc(C[S+](C)C)c(C)cc1C[S+](C)C. The number of aryl methyl sites for hydroxylation is 2. The maximum Gasteiger partial charge on any atom is 0.132 e. The Bertz CT molecular complexity index is 318. The molecule has 0 N–H and O–H groups in total. The molecule has 0 fully saturated rings. The molecular formula is C14H24S2+2. The Morgan fingerprint density at radius 1 is 0.750 bits per heavy atom. The molecule has 0 aliphatic heterocycles. The van der Waals surface area contributed by atoms with Crippen molar-refractivity contribution in [2.24, 2.45) is 0 Å². The zero-order valence-corrected chi connectivity index (χ0v) is 13.0. The summed E-state index contributed by atoms with van der Waals surface area (Å²) < 4.78 is 0. The molecule has 0 aliphatic carbocycles. The first-order valence-corrected chi connectivity index (χ1v) is 9.99. The van der Waals surface area contributed by atoms with Crippen LogP contribution >= 0.6 is 0 Å². The van der Waals surface area contributed by atoms with Crippen molar-refractivity contribution < 1.29 is 0 Å². The summed E-state index contributed by atoms with van der Waals surface area (Å²) >= 11 is 0. The first-order chi connectivity index (χ1) is 7.40. The third-order valence-corrected chi connectivity index (χ3v) is 4.46. The van der Waals surface area contributed by atoms with Gasteiger partial charge in [-0.2, -0.15) is 0 Å². The van der Waals surface area contributed by atoms with Crippen LogP contribution in [0.15, 0.2) is 12.1 Å². The number of hydrogen-bond acceptors (Lipinski definition) is 0. The number of benzene rings is 1. The molecule has 0 heterocycles. The molecule has 90 valence electrons. The topological polar surface area (TPSA) is 0 Å². The minimum atomic E-state index is 0.499. The second-order valence-corrected chi connectivity index (χ2v) is 9.48. The first kappa shape index (κ1) is 14.0. The molecule has 2 heteroatoms. The van der Waals surface area contributed by atoms with E-state index in [1.807, 2.05) is 0 Å². The van der Waals surface area contributed by atoms with E-state index < -0.39 is 0 Å². The van der Waals surface area contributed by atoms with Gasteiger partial charge < -0.3 is 0 Å². The molecule has 0 amide bonds. The van der Waals surface area contributed by atoms with Crippen LogP contribution < -0.4 is 0 Å². The lowest BCUT2D eigenvalue weighted by Gasteiger charge is -2.10. The van der Waals surface area contributed by atoms with Gasteiger partial charge in [-0.05, 0) is 46.8 Å². The highest BCUT2D eigenvalue weighted by Gasteiger charge is 2.13. The van der Waals surface area contributed by atoms with E-state index in [2.05, 4.69) is 51.0 Å². The van der Waals surface area contributed by atoms with E-state index in [4.69, 9.17) is 0 Å². The fraction of sp³-hybridized carbons (Fsp3) is 0.571. The van der Waals surface area contributed by atoms with E-state index in [-0.39, 0.29) is 0 Å². The minimum Gasteiger partial charge on any atom is -0.0507 e. The van der Waals surface area contributed by atoms with Crippen LogP contribution in [0.2, 0.25) is 0 Å². The summed E-state index contributed by atoms with van der Waals surface area (Å²) in [5, 5.41) is 0. The summed E-state index contributed by atoms with van der Waals surface area (Å²) in [5.41, 5.74) is 6.04. The quantitative estimate of drug-likeness (QED) is 0.726. The van der Waals surface area contributed by atoms with Crippen molar-refractivity contribution in [1.82, 2.24) is 0 Å². The fourth-order valence-corrected chi connectivity index (χ4v) is 3.73. The highest BCUT2D eigenvalue weighted by Crippen LogP contribution is 2.20. The van der Waals surface area contributed by atoms with Gasteiger partial charge in [0, 0.05) is 11.1 Å². The molecule has 1 aromatic carbocycles. The minimum absolute atomic E-state index is 0.499. The van der Waals surface area contributed by atoms with Crippen molar-refractivity contribution in [1.29, 1.82) is 0 Å². The van der Waals surface area contributed by atoms with E-state index >= 15 is 0 Å². The predicted molar refractivity (Wildman–Crippen MR) is 81.8 cm³/mol. The molecule has 0 spiro atoms. The standard InChI is InChI=1S/C14H24S2/c1-11-7-14(10-16(5)6)12(2)8-13(11)9-15(3)4/h7-8H,9-10H2,1-6H3/q+2. The van der Waals surface area contributed by atoms with Crippen LogP contribution in [-0.4, -0.2) is 25.0 Å². The lowest BCUT2D eigenvalue weighted by atomic mass is 10.0. The fourth-order valence-electron chi connectivity index (χ4n) is 1.87. The monoisotopic (exact) mass is 256 g/mol. The molecule has 1 aromatic rings. The molecule has 0 aliphatic rings. The average molecular weight is 256 g/mol. The maximum atomic E-state index is 2.41. The molecular weight excluding hydrogens is 232 g/mol. The van der Waals surface area contributed by atoms with Gasteiger partial charge in [-0.3, -0.25) is 0 Å². The van der Waals surface area contributed by atoms with Gasteiger partial charge in [0.1, 0.15) is 11.5 Å². The summed E-state index contributed by atoms with van der Waals surface area (Å²) in [5.74, 6) is 2.47. The Kier molecular flexibility index (Phi) is 5.26. The van der Waals surface area contributed by atoms with E-state index in [0.29, 0.717) is 21.8 Å². The van der Waals surface area contributed by atoms with E-state index in [9.17, 15) is 0 Å². The van der Waals surface area contributed by atoms with Gasteiger partial charge in [0.2, 0.25) is 0 Å². The van der Waals surface area contributed by atoms with Crippen LogP contribution in [0.25, 0.3) is 0 Å². The van der Waals surface area contributed by atoms with Crippen molar-refractivity contribution in [3.05, 3.63) is 34.4 Å².